The topological polar surface area (TPSA) is 55.2 Å². The van der Waals surface area contributed by atoms with Gasteiger partial charge in [0.2, 0.25) is 5.82 Å². The summed E-state index contributed by atoms with van der Waals surface area (Å²) in [7, 11) is 0. The molecule has 0 bridgehead atoms. The molecule has 0 aromatic heterocycles. The Balaban J connectivity index is 2.66. The summed E-state index contributed by atoms with van der Waals surface area (Å²) in [6, 6.07) is 4.69. The molecule has 0 aliphatic heterocycles. The third-order valence-corrected chi connectivity index (χ3v) is 3.19. The molecule has 4 nitrogen and oxygen atoms in total. The van der Waals surface area contributed by atoms with E-state index in [-0.39, 0.29) is 0 Å². The monoisotopic (exact) mass is 268 g/mol. The second-order valence-corrected chi connectivity index (χ2v) is 4.61. The van der Waals surface area contributed by atoms with Gasteiger partial charge in [0.25, 0.3) is 0 Å². The molecule has 0 heterocycles. The Hall–Kier alpha value is -1.49. The van der Waals surface area contributed by atoms with Crippen LogP contribution in [0.1, 0.15) is 38.7 Å². The van der Waals surface area contributed by atoms with Crippen molar-refractivity contribution in [3.05, 3.63) is 39.7 Å². The van der Waals surface area contributed by atoms with Crippen LogP contribution in [0, 0.1) is 15.9 Å². The third kappa shape index (κ3) is 4.59. The zero-order chi connectivity index (χ0) is 14.3. The SMILES string of the molecule is CCCNC(CC)CCc1cccc([N+](=O)[O-])c1F. The lowest BCUT2D eigenvalue weighted by Gasteiger charge is -2.16. The van der Waals surface area contributed by atoms with Crippen molar-refractivity contribution in [2.75, 3.05) is 6.54 Å². The van der Waals surface area contributed by atoms with Crippen LogP contribution in [0.15, 0.2) is 18.2 Å². The molecule has 0 fully saturated rings. The predicted octanol–water partition coefficient (Wildman–Crippen LogP) is 3.44. The number of hydrogen-bond acceptors (Lipinski definition) is 3. The van der Waals surface area contributed by atoms with Crippen molar-refractivity contribution < 1.29 is 9.31 Å². The highest BCUT2D eigenvalue weighted by molar-refractivity contribution is 5.36. The first-order valence-corrected chi connectivity index (χ1v) is 6.75. The normalized spacial score (nSPS) is 12.4. The lowest BCUT2D eigenvalue weighted by atomic mass is 10.0. The van der Waals surface area contributed by atoms with E-state index in [9.17, 15) is 14.5 Å². The Morgan fingerprint density at radius 2 is 2.16 bits per heavy atom. The molecule has 19 heavy (non-hydrogen) atoms. The van der Waals surface area contributed by atoms with Gasteiger partial charge in [0.15, 0.2) is 0 Å². The van der Waals surface area contributed by atoms with Gasteiger partial charge in [-0.3, -0.25) is 10.1 Å². The zero-order valence-electron chi connectivity index (χ0n) is 11.5. The molecule has 0 aliphatic rings. The fourth-order valence-electron chi connectivity index (χ4n) is 2.03. The van der Waals surface area contributed by atoms with E-state index in [2.05, 4.69) is 19.2 Å². The van der Waals surface area contributed by atoms with E-state index in [1.807, 2.05) is 0 Å². The van der Waals surface area contributed by atoms with Crippen LogP contribution in [-0.2, 0) is 6.42 Å². The first kappa shape index (κ1) is 15.6. The first-order valence-electron chi connectivity index (χ1n) is 6.75. The van der Waals surface area contributed by atoms with Crippen LogP contribution in [0.25, 0.3) is 0 Å². The fourth-order valence-corrected chi connectivity index (χ4v) is 2.03. The zero-order valence-corrected chi connectivity index (χ0v) is 11.5. The number of nitro groups is 1. The summed E-state index contributed by atoms with van der Waals surface area (Å²) in [6.07, 6.45) is 3.33. The van der Waals surface area contributed by atoms with E-state index in [1.54, 1.807) is 6.07 Å². The number of nitrogens with zero attached hydrogens (tertiary/aromatic N) is 1. The lowest BCUT2D eigenvalue weighted by molar-refractivity contribution is -0.387. The van der Waals surface area contributed by atoms with Crippen LogP contribution < -0.4 is 5.32 Å². The van der Waals surface area contributed by atoms with Gasteiger partial charge in [0.1, 0.15) is 0 Å². The maximum Gasteiger partial charge on any atom is 0.305 e. The van der Waals surface area contributed by atoms with E-state index in [1.165, 1.54) is 12.1 Å². The smallest absolute Gasteiger partial charge is 0.305 e. The Labute approximate surface area is 113 Å². The number of rotatable bonds is 8. The Bertz CT molecular complexity index is 424. The van der Waals surface area contributed by atoms with E-state index < -0.39 is 16.4 Å². The second kappa shape index (κ2) is 7.84. The average Bonchev–Trinajstić information content (AvgIpc) is 2.40. The van der Waals surface area contributed by atoms with Crippen molar-refractivity contribution in [3.63, 3.8) is 0 Å². The van der Waals surface area contributed by atoms with Gasteiger partial charge >= 0.3 is 5.69 Å². The standard InChI is InChI=1S/C14H21FN2O2/c1-3-10-16-12(4-2)9-8-11-6-5-7-13(14(11)15)17(18)19/h5-7,12,16H,3-4,8-10H2,1-2H3. The van der Waals surface area contributed by atoms with Gasteiger partial charge in [0, 0.05) is 12.1 Å². The van der Waals surface area contributed by atoms with E-state index in [4.69, 9.17) is 0 Å². The number of halogens is 1. The van der Waals surface area contributed by atoms with Crippen LogP contribution in [-0.4, -0.2) is 17.5 Å². The molecule has 0 amide bonds. The van der Waals surface area contributed by atoms with Crippen LogP contribution in [0.4, 0.5) is 10.1 Å². The lowest BCUT2D eigenvalue weighted by Crippen LogP contribution is -2.29. The highest BCUT2D eigenvalue weighted by Gasteiger charge is 2.17. The second-order valence-electron chi connectivity index (χ2n) is 4.61. The van der Waals surface area contributed by atoms with Crippen molar-refractivity contribution in [1.29, 1.82) is 0 Å². The number of nitro benzene ring substituents is 1. The summed E-state index contributed by atoms with van der Waals surface area (Å²) < 4.78 is 13.9. The van der Waals surface area contributed by atoms with Gasteiger partial charge in [-0.2, -0.15) is 4.39 Å². The average molecular weight is 268 g/mol. The first-order chi connectivity index (χ1) is 9.10. The minimum atomic E-state index is -0.696. The van der Waals surface area contributed by atoms with Crippen molar-refractivity contribution in [2.45, 2.75) is 45.6 Å². The Morgan fingerprint density at radius 3 is 2.74 bits per heavy atom. The summed E-state index contributed by atoms with van der Waals surface area (Å²) in [5, 5.41) is 14.1. The number of nitrogens with one attached hydrogen (secondary N) is 1. The maximum absolute atomic E-state index is 13.9. The van der Waals surface area contributed by atoms with Gasteiger partial charge in [-0.1, -0.05) is 26.0 Å². The van der Waals surface area contributed by atoms with Crippen molar-refractivity contribution in [1.82, 2.24) is 5.32 Å². The predicted molar refractivity (Wildman–Crippen MR) is 73.7 cm³/mol. The number of aryl methyl sites for hydroxylation is 1. The van der Waals surface area contributed by atoms with E-state index in [0.29, 0.717) is 18.0 Å². The quantitative estimate of drug-likeness (QED) is 0.580. The number of hydrogen-bond donors (Lipinski definition) is 1. The minimum Gasteiger partial charge on any atom is -0.314 e. The molecule has 0 aliphatic carbocycles. The van der Waals surface area contributed by atoms with Crippen molar-refractivity contribution >= 4 is 5.69 Å². The third-order valence-electron chi connectivity index (χ3n) is 3.19. The largest absolute Gasteiger partial charge is 0.314 e. The molecule has 1 rings (SSSR count). The minimum absolute atomic E-state index is 0.332. The molecular weight excluding hydrogens is 247 g/mol. The molecule has 0 saturated carbocycles. The van der Waals surface area contributed by atoms with Crippen molar-refractivity contribution in [3.8, 4) is 0 Å². The van der Waals surface area contributed by atoms with E-state index in [0.717, 1.165) is 25.8 Å². The number of benzene rings is 1. The molecule has 1 N–H and O–H groups in total. The molecule has 1 aromatic rings. The van der Waals surface area contributed by atoms with Gasteiger partial charge in [0.05, 0.1) is 4.92 Å². The summed E-state index contributed by atoms with van der Waals surface area (Å²) in [4.78, 5) is 9.99. The molecule has 0 radical (unpaired) electrons. The van der Waals surface area contributed by atoms with Gasteiger partial charge in [-0.05, 0) is 37.8 Å². The molecule has 0 saturated heterocycles. The molecule has 1 atom stereocenters. The molecule has 5 heteroatoms. The van der Waals surface area contributed by atoms with Crippen LogP contribution in [0.3, 0.4) is 0 Å². The molecule has 0 spiro atoms. The summed E-state index contributed by atoms with van der Waals surface area (Å²) in [5.41, 5.74) is -0.0157. The van der Waals surface area contributed by atoms with E-state index >= 15 is 0 Å². The fraction of sp³-hybridized carbons (Fsp3) is 0.571. The van der Waals surface area contributed by atoms with Crippen LogP contribution >= 0.6 is 0 Å². The summed E-state index contributed by atoms with van der Waals surface area (Å²) in [6.45, 7) is 5.12. The molecule has 106 valence electrons. The van der Waals surface area contributed by atoms with Gasteiger partial charge in [-0.15, -0.1) is 0 Å². The summed E-state index contributed by atoms with van der Waals surface area (Å²) in [5.74, 6) is -0.696. The molecule has 1 unspecified atom stereocenters. The van der Waals surface area contributed by atoms with Gasteiger partial charge < -0.3 is 5.32 Å². The van der Waals surface area contributed by atoms with Gasteiger partial charge in [-0.25, -0.2) is 0 Å². The molecular formula is C14H21FN2O2. The Kier molecular flexibility index (Phi) is 6.42. The maximum atomic E-state index is 13.9. The van der Waals surface area contributed by atoms with Crippen LogP contribution in [0.5, 0.6) is 0 Å². The molecule has 1 aromatic carbocycles. The van der Waals surface area contributed by atoms with Crippen LogP contribution in [0.2, 0.25) is 0 Å². The summed E-state index contributed by atoms with van der Waals surface area (Å²) >= 11 is 0. The van der Waals surface area contributed by atoms with Crippen molar-refractivity contribution in [2.24, 2.45) is 0 Å². The Morgan fingerprint density at radius 1 is 1.42 bits per heavy atom. The highest BCUT2D eigenvalue weighted by atomic mass is 19.1. The highest BCUT2D eigenvalue weighted by Crippen LogP contribution is 2.21.